The Kier molecular flexibility index (Phi) is 3.68. The van der Waals surface area contributed by atoms with E-state index in [1.165, 1.54) is 10.6 Å². The molecule has 0 unspecified atom stereocenters. The predicted octanol–water partition coefficient (Wildman–Crippen LogP) is 4.15. The summed E-state index contributed by atoms with van der Waals surface area (Å²) in [6, 6.07) is 10.2. The van der Waals surface area contributed by atoms with Gasteiger partial charge in [0.1, 0.15) is 5.82 Å². The lowest BCUT2D eigenvalue weighted by atomic mass is 10.2. The molecule has 0 N–H and O–H groups in total. The van der Waals surface area contributed by atoms with Crippen LogP contribution in [-0.2, 0) is 6.54 Å². The van der Waals surface area contributed by atoms with Gasteiger partial charge in [-0.15, -0.1) is 0 Å². The van der Waals surface area contributed by atoms with E-state index >= 15 is 0 Å². The minimum atomic E-state index is -0.414. The molecule has 0 aliphatic rings. The lowest BCUT2D eigenvalue weighted by molar-refractivity contribution is 0.517. The highest BCUT2D eigenvalue weighted by atomic mass is 127. The Morgan fingerprint density at radius 3 is 2.80 bits per heavy atom. The largest absolute Gasteiger partial charge is 0.420 e. The number of nitrogens with zero attached hydrogens (tertiary/aromatic N) is 1. The molecule has 3 rings (SSSR count). The van der Waals surface area contributed by atoms with Gasteiger partial charge in [0.25, 0.3) is 0 Å². The van der Waals surface area contributed by atoms with Crippen LogP contribution in [0.15, 0.2) is 50.1 Å². The lowest BCUT2D eigenvalue weighted by Gasteiger charge is -2.04. The molecule has 3 nitrogen and oxygen atoms in total. The number of oxazole rings is 1. The summed E-state index contributed by atoms with van der Waals surface area (Å²) in [5, 5.41) is 0. The summed E-state index contributed by atoms with van der Waals surface area (Å²) < 4.78 is 21.4. The first-order valence-corrected chi connectivity index (χ1v) is 7.64. The standard InChI is InChI=1S/C14H8BrFINO2/c15-10-5-8(1-3-11(10)16)7-18-12-6-9(17)2-4-13(12)20-14(18)19/h1-6H,7H2. The zero-order valence-electron chi connectivity index (χ0n) is 10.1. The highest BCUT2D eigenvalue weighted by Crippen LogP contribution is 2.20. The van der Waals surface area contributed by atoms with Crippen molar-refractivity contribution in [3.63, 3.8) is 0 Å². The number of rotatable bonds is 2. The number of benzene rings is 2. The van der Waals surface area contributed by atoms with Crippen LogP contribution in [0.4, 0.5) is 4.39 Å². The summed E-state index contributed by atoms with van der Waals surface area (Å²) in [4.78, 5) is 11.9. The van der Waals surface area contributed by atoms with Gasteiger partial charge < -0.3 is 4.42 Å². The minimum Gasteiger partial charge on any atom is -0.408 e. The minimum absolute atomic E-state index is 0.326. The monoisotopic (exact) mass is 447 g/mol. The van der Waals surface area contributed by atoms with Gasteiger partial charge in [-0.25, -0.2) is 9.18 Å². The molecule has 0 aliphatic heterocycles. The lowest BCUT2D eigenvalue weighted by Crippen LogP contribution is -2.14. The van der Waals surface area contributed by atoms with Crippen LogP contribution in [0.3, 0.4) is 0 Å². The molecule has 0 aliphatic carbocycles. The van der Waals surface area contributed by atoms with Crippen LogP contribution in [0.5, 0.6) is 0 Å². The Bertz CT molecular complexity index is 856. The predicted molar refractivity (Wildman–Crippen MR) is 86.4 cm³/mol. The molecule has 2 aromatic carbocycles. The van der Waals surface area contributed by atoms with Gasteiger partial charge in [0, 0.05) is 3.57 Å². The first-order valence-electron chi connectivity index (χ1n) is 5.77. The van der Waals surface area contributed by atoms with Crippen LogP contribution in [0, 0.1) is 9.39 Å². The van der Waals surface area contributed by atoms with Crippen molar-refractivity contribution < 1.29 is 8.81 Å². The second-order valence-electron chi connectivity index (χ2n) is 4.31. The van der Waals surface area contributed by atoms with Crippen molar-refractivity contribution >= 4 is 49.6 Å². The topological polar surface area (TPSA) is 35.1 Å². The van der Waals surface area contributed by atoms with Crippen LogP contribution in [0.25, 0.3) is 11.1 Å². The first-order chi connectivity index (χ1) is 9.54. The molecular weight excluding hydrogens is 440 g/mol. The third kappa shape index (κ3) is 2.54. The molecule has 0 saturated carbocycles. The van der Waals surface area contributed by atoms with Crippen molar-refractivity contribution in [3.05, 3.63) is 66.4 Å². The Morgan fingerprint density at radius 1 is 1.25 bits per heavy atom. The van der Waals surface area contributed by atoms with Crippen molar-refractivity contribution in [2.45, 2.75) is 6.54 Å². The summed E-state index contributed by atoms with van der Waals surface area (Å²) in [5.41, 5.74) is 2.11. The van der Waals surface area contributed by atoms with Crippen molar-refractivity contribution in [1.29, 1.82) is 0 Å². The SMILES string of the molecule is O=c1oc2ccc(I)cc2n1Cc1ccc(F)c(Br)c1. The quantitative estimate of drug-likeness (QED) is 0.553. The number of hydrogen-bond donors (Lipinski definition) is 0. The van der Waals surface area contributed by atoms with Gasteiger partial charge in [-0.3, -0.25) is 4.57 Å². The summed E-state index contributed by atoms with van der Waals surface area (Å²) in [5.74, 6) is -0.741. The third-order valence-corrected chi connectivity index (χ3v) is 4.23. The second-order valence-corrected chi connectivity index (χ2v) is 6.41. The molecule has 102 valence electrons. The van der Waals surface area contributed by atoms with E-state index in [1.54, 1.807) is 18.2 Å². The molecular formula is C14H8BrFINO2. The normalized spacial score (nSPS) is 11.2. The average molecular weight is 448 g/mol. The van der Waals surface area contributed by atoms with E-state index < -0.39 is 5.76 Å². The van der Waals surface area contributed by atoms with E-state index in [2.05, 4.69) is 38.5 Å². The zero-order valence-corrected chi connectivity index (χ0v) is 13.8. The summed E-state index contributed by atoms with van der Waals surface area (Å²) in [6.07, 6.45) is 0. The zero-order chi connectivity index (χ0) is 14.3. The molecule has 0 spiro atoms. The molecule has 1 heterocycles. The summed E-state index contributed by atoms with van der Waals surface area (Å²) in [6.45, 7) is 0.338. The summed E-state index contributed by atoms with van der Waals surface area (Å²) in [7, 11) is 0. The molecule has 0 radical (unpaired) electrons. The Hall–Kier alpha value is -1.15. The van der Waals surface area contributed by atoms with E-state index in [-0.39, 0.29) is 5.82 Å². The smallest absolute Gasteiger partial charge is 0.408 e. The Balaban J connectivity index is 2.10. The van der Waals surface area contributed by atoms with Gasteiger partial charge in [-0.05, 0) is 74.4 Å². The number of halogens is 3. The van der Waals surface area contributed by atoms with Crippen molar-refractivity contribution in [1.82, 2.24) is 4.57 Å². The van der Waals surface area contributed by atoms with Crippen LogP contribution in [0.2, 0.25) is 0 Å². The maximum absolute atomic E-state index is 13.2. The van der Waals surface area contributed by atoms with Crippen molar-refractivity contribution in [2.24, 2.45) is 0 Å². The van der Waals surface area contributed by atoms with Gasteiger partial charge in [-0.2, -0.15) is 0 Å². The first kappa shape index (κ1) is 13.8. The van der Waals surface area contributed by atoms with E-state index in [9.17, 15) is 9.18 Å². The molecule has 3 aromatic rings. The van der Waals surface area contributed by atoms with E-state index in [0.717, 1.165) is 14.7 Å². The van der Waals surface area contributed by atoms with Crippen molar-refractivity contribution in [2.75, 3.05) is 0 Å². The number of fused-ring (bicyclic) bond motifs is 1. The molecule has 0 atom stereocenters. The van der Waals surface area contributed by atoms with E-state index in [1.807, 2.05) is 12.1 Å². The average Bonchev–Trinajstić information content (AvgIpc) is 2.70. The van der Waals surface area contributed by atoms with Gasteiger partial charge in [0.05, 0.1) is 16.5 Å². The van der Waals surface area contributed by atoms with Crippen LogP contribution in [-0.4, -0.2) is 4.57 Å². The summed E-state index contributed by atoms with van der Waals surface area (Å²) >= 11 is 5.32. The molecule has 0 saturated heterocycles. The maximum atomic E-state index is 13.2. The molecule has 6 heteroatoms. The Labute approximate surface area is 135 Å². The van der Waals surface area contributed by atoms with Crippen LogP contribution >= 0.6 is 38.5 Å². The fraction of sp³-hybridized carbons (Fsp3) is 0.0714. The van der Waals surface area contributed by atoms with Gasteiger partial charge in [-0.1, -0.05) is 6.07 Å². The number of aromatic nitrogens is 1. The third-order valence-electron chi connectivity index (χ3n) is 2.95. The van der Waals surface area contributed by atoms with Gasteiger partial charge in [0.15, 0.2) is 5.58 Å². The van der Waals surface area contributed by atoms with E-state index in [4.69, 9.17) is 4.42 Å². The molecule has 20 heavy (non-hydrogen) atoms. The molecule has 1 aromatic heterocycles. The highest BCUT2D eigenvalue weighted by Gasteiger charge is 2.10. The fourth-order valence-corrected chi connectivity index (χ4v) is 2.91. The number of hydrogen-bond acceptors (Lipinski definition) is 2. The Morgan fingerprint density at radius 2 is 2.05 bits per heavy atom. The molecule has 0 amide bonds. The van der Waals surface area contributed by atoms with Crippen LogP contribution in [0.1, 0.15) is 5.56 Å². The van der Waals surface area contributed by atoms with Crippen LogP contribution < -0.4 is 5.76 Å². The maximum Gasteiger partial charge on any atom is 0.420 e. The van der Waals surface area contributed by atoms with Gasteiger partial charge in [0.2, 0.25) is 0 Å². The highest BCUT2D eigenvalue weighted by molar-refractivity contribution is 14.1. The van der Waals surface area contributed by atoms with Crippen molar-refractivity contribution in [3.8, 4) is 0 Å². The van der Waals surface area contributed by atoms with E-state index in [0.29, 0.717) is 16.6 Å². The fourth-order valence-electron chi connectivity index (χ4n) is 2.01. The molecule has 0 bridgehead atoms. The van der Waals surface area contributed by atoms with Gasteiger partial charge >= 0.3 is 5.76 Å². The second kappa shape index (κ2) is 5.33. The molecule has 0 fully saturated rings.